The summed E-state index contributed by atoms with van der Waals surface area (Å²) in [5, 5.41) is 29.0. The Morgan fingerprint density at radius 2 is 2.36 bits per heavy atom. The van der Waals surface area contributed by atoms with Gasteiger partial charge in [0, 0.05) is 5.56 Å². The van der Waals surface area contributed by atoms with Gasteiger partial charge in [-0.25, -0.2) is 5.43 Å². The molecule has 2 rings (SSSR count). The number of nitro groups is 1. The standard InChI is InChI=1S/C11H10N6O5/c1-22-7-2-3-8(18)6(4-7)5-12-15-10(19)9-13-11(16-14-9)17(20)21/h2-5,18H,1H3,(H,15,19)(H,13,14,16)/b12-5-. The van der Waals surface area contributed by atoms with Crippen LogP contribution in [0.1, 0.15) is 16.2 Å². The Hall–Kier alpha value is -3.50. The summed E-state index contributed by atoms with van der Waals surface area (Å²) >= 11 is 0. The molecule has 0 fully saturated rings. The molecular weight excluding hydrogens is 296 g/mol. The number of nitrogens with zero attached hydrogens (tertiary/aromatic N) is 4. The van der Waals surface area contributed by atoms with Crippen LogP contribution in [0.5, 0.6) is 11.5 Å². The molecule has 1 amide bonds. The number of hydrogen-bond acceptors (Lipinski definition) is 8. The van der Waals surface area contributed by atoms with Gasteiger partial charge in [-0.15, -0.1) is 5.10 Å². The third-order valence-electron chi connectivity index (χ3n) is 2.45. The highest BCUT2D eigenvalue weighted by Crippen LogP contribution is 2.20. The molecule has 11 nitrogen and oxygen atoms in total. The third kappa shape index (κ3) is 3.33. The Labute approximate surface area is 122 Å². The van der Waals surface area contributed by atoms with Crippen molar-refractivity contribution in [2.24, 2.45) is 5.10 Å². The van der Waals surface area contributed by atoms with Crippen molar-refractivity contribution < 1.29 is 19.6 Å². The second-order valence-electron chi connectivity index (χ2n) is 3.86. The highest BCUT2D eigenvalue weighted by molar-refractivity contribution is 5.92. The predicted molar refractivity (Wildman–Crippen MR) is 72.8 cm³/mol. The van der Waals surface area contributed by atoms with E-state index in [1.54, 1.807) is 6.07 Å². The quantitative estimate of drug-likeness (QED) is 0.404. The summed E-state index contributed by atoms with van der Waals surface area (Å²) in [6, 6.07) is 4.46. The first-order chi connectivity index (χ1) is 10.5. The number of hydrogen-bond donors (Lipinski definition) is 3. The summed E-state index contributed by atoms with van der Waals surface area (Å²) < 4.78 is 4.98. The molecule has 0 atom stereocenters. The molecule has 114 valence electrons. The van der Waals surface area contributed by atoms with Crippen LogP contribution in [0.2, 0.25) is 0 Å². The molecule has 0 radical (unpaired) electrons. The van der Waals surface area contributed by atoms with E-state index in [9.17, 15) is 20.0 Å². The number of H-pyrrole nitrogens is 1. The van der Waals surface area contributed by atoms with Crippen LogP contribution >= 0.6 is 0 Å². The fourth-order valence-corrected chi connectivity index (χ4v) is 1.41. The molecule has 0 aliphatic carbocycles. The van der Waals surface area contributed by atoms with Gasteiger partial charge < -0.3 is 20.0 Å². The fourth-order valence-electron chi connectivity index (χ4n) is 1.41. The minimum Gasteiger partial charge on any atom is -0.507 e. The highest BCUT2D eigenvalue weighted by Gasteiger charge is 2.20. The van der Waals surface area contributed by atoms with Crippen LogP contribution in [0, 0.1) is 10.1 Å². The SMILES string of the molecule is COc1ccc(O)c(/C=N\NC(=O)c2n[nH]c([N+](=O)[O-])n2)c1. The van der Waals surface area contributed by atoms with Crippen LogP contribution in [0.3, 0.4) is 0 Å². The topological polar surface area (TPSA) is 156 Å². The zero-order chi connectivity index (χ0) is 16.1. The molecule has 1 aromatic carbocycles. The first-order valence-electron chi connectivity index (χ1n) is 5.78. The molecule has 22 heavy (non-hydrogen) atoms. The molecule has 0 aliphatic heterocycles. The van der Waals surface area contributed by atoms with Gasteiger partial charge >= 0.3 is 17.7 Å². The molecule has 0 saturated heterocycles. The number of aromatic nitrogens is 3. The zero-order valence-corrected chi connectivity index (χ0v) is 11.2. The van der Waals surface area contributed by atoms with Crippen LogP contribution in [0.15, 0.2) is 23.3 Å². The smallest absolute Gasteiger partial charge is 0.454 e. The predicted octanol–water partition coefficient (Wildman–Crippen LogP) is 0.191. The van der Waals surface area contributed by atoms with Crippen molar-refractivity contribution >= 4 is 18.1 Å². The molecule has 1 aromatic heterocycles. The second-order valence-corrected chi connectivity index (χ2v) is 3.86. The number of ether oxygens (including phenoxy) is 1. The van der Waals surface area contributed by atoms with E-state index in [1.165, 1.54) is 25.5 Å². The summed E-state index contributed by atoms with van der Waals surface area (Å²) in [4.78, 5) is 24.5. The number of amides is 1. The number of aromatic amines is 1. The minimum atomic E-state index is -0.844. The molecular formula is C11H10N6O5. The van der Waals surface area contributed by atoms with Gasteiger partial charge in [0.05, 0.1) is 13.3 Å². The first-order valence-corrected chi connectivity index (χ1v) is 5.78. The number of benzene rings is 1. The van der Waals surface area contributed by atoms with Gasteiger partial charge in [0.15, 0.2) is 0 Å². The van der Waals surface area contributed by atoms with Crippen LogP contribution in [0.25, 0.3) is 0 Å². The molecule has 2 aromatic rings. The Morgan fingerprint density at radius 1 is 1.59 bits per heavy atom. The Bertz CT molecular complexity index is 740. The largest absolute Gasteiger partial charge is 0.507 e. The molecule has 0 saturated carbocycles. The van der Waals surface area contributed by atoms with Gasteiger partial charge in [-0.2, -0.15) is 5.10 Å². The van der Waals surface area contributed by atoms with Crippen molar-refractivity contribution in [3.05, 3.63) is 39.7 Å². The van der Waals surface area contributed by atoms with Crippen molar-refractivity contribution in [2.45, 2.75) is 0 Å². The van der Waals surface area contributed by atoms with Gasteiger partial charge in [-0.3, -0.25) is 4.79 Å². The maximum Gasteiger partial charge on any atom is 0.454 e. The van der Waals surface area contributed by atoms with Crippen molar-refractivity contribution in [3.63, 3.8) is 0 Å². The summed E-state index contributed by atoms with van der Waals surface area (Å²) in [5.74, 6) is -1.50. The summed E-state index contributed by atoms with van der Waals surface area (Å²) in [5.41, 5.74) is 2.38. The molecule has 3 N–H and O–H groups in total. The number of methoxy groups -OCH3 is 1. The number of phenolic OH excluding ortho intramolecular Hbond substituents is 1. The normalized spacial score (nSPS) is 10.6. The van der Waals surface area contributed by atoms with Gasteiger partial charge in [0.2, 0.25) is 0 Å². The van der Waals surface area contributed by atoms with E-state index in [1.807, 2.05) is 5.10 Å². The number of carbonyl (C=O) groups is 1. The Kier molecular flexibility index (Phi) is 4.27. The van der Waals surface area contributed by atoms with Crippen LogP contribution < -0.4 is 10.2 Å². The molecule has 0 aliphatic rings. The number of phenols is 1. The lowest BCUT2D eigenvalue weighted by Gasteiger charge is -2.02. The first kappa shape index (κ1) is 14.9. The molecule has 0 spiro atoms. The number of carbonyl (C=O) groups excluding carboxylic acids is 1. The van der Waals surface area contributed by atoms with Crippen molar-refractivity contribution in [1.82, 2.24) is 20.6 Å². The molecule has 1 heterocycles. The fraction of sp³-hybridized carbons (Fsp3) is 0.0909. The number of hydrazone groups is 1. The van der Waals surface area contributed by atoms with Crippen molar-refractivity contribution in [1.29, 1.82) is 0 Å². The van der Waals surface area contributed by atoms with E-state index in [0.717, 1.165) is 0 Å². The van der Waals surface area contributed by atoms with Gasteiger partial charge in [0.1, 0.15) is 11.5 Å². The lowest BCUT2D eigenvalue weighted by atomic mass is 10.2. The monoisotopic (exact) mass is 306 g/mol. The van der Waals surface area contributed by atoms with Gasteiger partial charge in [-0.05, 0) is 28.1 Å². The summed E-state index contributed by atoms with van der Waals surface area (Å²) in [6.45, 7) is 0. The average Bonchev–Trinajstić information content (AvgIpc) is 2.99. The van der Waals surface area contributed by atoms with Crippen LogP contribution in [0.4, 0.5) is 5.95 Å². The van der Waals surface area contributed by atoms with Gasteiger partial charge in [-0.1, -0.05) is 5.10 Å². The third-order valence-corrected chi connectivity index (χ3v) is 2.45. The van der Waals surface area contributed by atoms with E-state index in [0.29, 0.717) is 11.3 Å². The molecule has 0 unspecified atom stereocenters. The number of rotatable bonds is 5. The minimum absolute atomic E-state index is 0.0627. The Morgan fingerprint density at radius 3 is 3.00 bits per heavy atom. The second kappa shape index (κ2) is 6.30. The number of nitrogens with one attached hydrogen (secondary N) is 2. The van der Waals surface area contributed by atoms with E-state index < -0.39 is 22.6 Å². The van der Waals surface area contributed by atoms with Gasteiger partial charge in [0.25, 0.3) is 0 Å². The van der Waals surface area contributed by atoms with E-state index >= 15 is 0 Å². The van der Waals surface area contributed by atoms with E-state index in [4.69, 9.17) is 4.74 Å². The van der Waals surface area contributed by atoms with Crippen molar-refractivity contribution in [3.8, 4) is 11.5 Å². The molecule has 0 bridgehead atoms. The lowest BCUT2D eigenvalue weighted by molar-refractivity contribution is -0.394. The summed E-state index contributed by atoms with van der Waals surface area (Å²) in [7, 11) is 1.46. The number of aromatic hydroxyl groups is 1. The maximum absolute atomic E-state index is 11.6. The zero-order valence-electron chi connectivity index (χ0n) is 11.2. The lowest BCUT2D eigenvalue weighted by Crippen LogP contribution is -2.19. The molecule has 11 heteroatoms. The van der Waals surface area contributed by atoms with E-state index in [2.05, 4.69) is 20.6 Å². The van der Waals surface area contributed by atoms with Crippen LogP contribution in [-0.2, 0) is 0 Å². The highest BCUT2D eigenvalue weighted by atomic mass is 16.6. The average molecular weight is 306 g/mol. The summed E-state index contributed by atoms with van der Waals surface area (Å²) in [6.07, 6.45) is 1.18. The van der Waals surface area contributed by atoms with Crippen LogP contribution in [-0.4, -0.2) is 44.4 Å². The maximum atomic E-state index is 11.6. The Balaban J connectivity index is 2.05. The van der Waals surface area contributed by atoms with Crippen molar-refractivity contribution in [2.75, 3.05) is 7.11 Å². The van der Waals surface area contributed by atoms with E-state index in [-0.39, 0.29) is 5.75 Å².